The summed E-state index contributed by atoms with van der Waals surface area (Å²) >= 11 is 0. The molecule has 4 aliphatic heterocycles. The molecule has 0 aromatic heterocycles. The zero-order chi connectivity index (χ0) is 51.4. The molecular formula is C54H82N4O12. The zero-order valence-electron chi connectivity index (χ0n) is 44.0. The molecular weight excluding hydrogens is 897 g/mol. The van der Waals surface area contributed by atoms with Gasteiger partial charge in [0.25, 0.3) is 5.78 Å². The first kappa shape index (κ1) is 54.7. The van der Waals surface area contributed by atoms with Crippen LogP contribution < -0.4 is 10.1 Å². The van der Waals surface area contributed by atoms with Crippen molar-refractivity contribution in [2.45, 2.75) is 183 Å². The molecule has 16 nitrogen and oxygen atoms in total. The molecule has 0 spiro atoms. The molecule has 5 bridgehead atoms. The van der Waals surface area contributed by atoms with Crippen LogP contribution in [0.5, 0.6) is 23.0 Å². The molecule has 2 aromatic rings. The zero-order valence-corrected chi connectivity index (χ0v) is 44.0. The number of nitrogens with zero attached hydrogens (tertiary/aromatic N) is 3. The maximum absolute atomic E-state index is 14.7. The minimum absolute atomic E-state index is 0.0212. The van der Waals surface area contributed by atoms with Crippen LogP contribution in [-0.4, -0.2) is 131 Å². The summed E-state index contributed by atoms with van der Waals surface area (Å²) in [6, 6.07) is 0.561. The minimum atomic E-state index is -2.01. The summed E-state index contributed by atoms with van der Waals surface area (Å²) < 4.78 is 38.0. The van der Waals surface area contributed by atoms with Gasteiger partial charge in [-0.1, -0.05) is 60.3 Å². The van der Waals surface area contributed by atoms with Gasteiger partial charge in [-0.2, -0.15) is 5.10 Å². The number of hydrogen-bond acceptors (Lipinski definition) is 15. The lowest BCUT2D eigenvalue weighted by Gasteiger charge is -2.42. The fourth-order valence-electron chi connectivity index (χ4n) is 11.3. The van der Waals surface area contributed by atoms with Gasteiger partial charge >= 0.3 is 11.8 Å². The van der Waals surface area contributed by atoms with Gasteiger partial charge in [-0.15, -0.1) is 0 Å². The molecule has 1 amide bonds. The number of ketones is 1. The van der Waals surface area contributed by atoms with Gasteiger partial charge in [-0.05, 0) is 72.3 Å². The summed E-state index contributed by atoms with van der Waals surface area (Å²) in [5.41, 5.74) is -0.193. The highest BCUT2D eigenvalue weighted by Crippen LogP contribution is 2.55. The van der Waals surface area contributed by atoms with Crippen LogP contribution in [0.1, 0.15) is 149 Å². The van der Waals surface area contributed by atoms with Gasteiger partial charge in [0, 0.05) is 87.8 Å². The number of carbonyl (C=O) groups excluding carboxylic acids is 3. The summed E-state index contributed by atoms with van der Waals surface area (Å²) in [5, 5.41) is 45.6. The van der Waals surface area contributed by atoms with E-state index in [9.17, 15) is 29.7 Å². The first-order chi connectivity index (χ1) is 33.1. The third-order valence-corrected chi connectivity index (χ3v) is 15.2. The monoisotopic (exact) mass is 979 g/mol. The molecule has 2 aromatic carbocycles. The predicted octanol–water partition coefficient (Wildman–Crippen LogP) is 9.21. The molecule has 10 atom stereocenters. The number of phenols is 3. The summed E-state index contributed by atoms with van der Waals surface area (Å²) in [6.45, 7) is 25.2. The highest BCUT2D eigenvalue weighted by molar-refractivity contribution is 6.23. The smallest absolute Gasteiger partial charge is 0.312 e. The van der Waals surface area contributed by atoms with Gasteiger partial charge in [-0.3, -0.25) is 24.3 Å². The van der Waals surface area contributed by atoms with Crippen LogP contribution in [0.25, 0.3) is 10.8 Å². The Morgan fingerprint density at radius 3 is 2.07 bits per heavy atom. The van der Waals surface area contributed by atoms with Crippen LogP contribution in [0.3, 0.4) is 0 Å². The number of nitrogens with one attached hydrogen (secondary N) is 1. The van der Waals surface area contributed by atoms with E-state index >= 15 is 0 Å². The Kier molecular flexibility index (Phi) is 18.2. The van der Waals surface area contributed by atoms with Crippen LogP contribution in [0.4, 0.5) is 5.69 Å². The summed E-state index contributed by atoms with van der Waals surface area (Å²) in [6.07, 6.45) is 9.94. The molecule has 70 heavy (non-hydrogen) atoms. The van der Waals surface area contributed by atoms with Crippen molar-refractivity contribution in [2.75, 3.05) is 38.6 Å². The number of aromatic hydroxyl groups is 3. The van der Waals surface area contributed by atoms with Crippen molar-refractivity contribution in [1.29, 1.82) is 0 Å². The topological polar surface area (TPSA) is 198 Å². The quantitative estimate of drug-likeness (QED) is 0.0803. The normalized spacial score (nSPS) is 30.8. The lowest BCUT2D eigenvalue weighted by molar-refractivity contribution is -0.172. The van der Waals surface area contributed by atoms with E-state index in [4.69, 9.17) is 33.5 Å². The number of carbonyl (C=O) groups is 3. The van der Waals surface area contributed by atoms with E-state index in [0.717, 1.165) is 13.1 Å². The summed E-state index contributed by atoms with van der Waals surface area (Å²) in [4.78, 5) is 44.4. The molecule has 5 aliphatic rings. The average Bonchev–Trinajstić information content (AvgIpc) is 3.58. The second-order valence-electron chi connectivity index (χ2n) is 21.2. The fraction of sp³-hybridized carbons (Fsp3) is 0.704. The van der Waals surface area contributed by atoms with Gasteiger partial charge in [0.15, 0.2) is 5.75 Å². The molecule has 390 valence electrons. The van der Waals surface area contributed by atoms with E-state index in [1.54, 1.807) is 6.08 Å². The number of hydrogen-bond donors (Lipinski definition) is 4. The Balaban J connectivity index is 1.45. The molecule has 0 radical (unpaired) electrons. The number of fused-ring (bicyclic) bond motifs is 16. The number of methoxy groups -OCH3 is 1. The highest BCUT2D eigenvalue weighted by atomic mass is 16.7. The number of piperazine rings is 1. The Bertz CT molecular complexity index is 2230. The van der Waals surface area contributed by atoms with Crippen LogP contribution in [0.2, 0.25) is 0 Å². The van der Waals surface area contributed by atoms with E-state index in [1.807, 2.05) is 53.5 Å². The van der Waals surface area contributed by atoms with Gasteiger partial charge in [0.05, 0.1) is 65.2 Å². The number of amides is 1. The number of esters is 1. The van der Waals surface area contributed by atoms with Crippen molar-refractivity contribution in [1.82, 2.24) is 9.91 Å². The maximum atomic E-state index is 14.7. The Labute approximate surface area is 415 Å². The molecule has 2 fully saturated rings. The Morgan fingerprint density at radius 1 is 0.829 bits per heavy atom. The second kappa shape index (κ2) is 23.3. The van der Waals surface area contributed by atoms with Crippen molar-refractivity contribution in [3.05, 3.63) is 29.0 Å². The number of anilines is 1. The van der Waals surface area contributed by atoms with Crippen LogP contribution in [-0.2, 0) is 33.3 Å². The number of benzene rings is 2. The van der Waals surface area contributed by atoms with Crippen molar-refractivity contribution >= 4 is 40.3 Å². The standard InChI is InChI=1S/C54H82N4O12/c1-29(2)67-48-31(5)18-17-19-32(6)53(64)56-44-39(28-55-58-25-23-57(24-26-58)38-20-15-14-16-21-38)46(61)41-42(47(44)62)45(60)34(8)51-43(41)52(63)54(12,70-51)66-27-22-40(65-13)33(7)49(69-37(11)59)36(10)50(35(48)9)68-30(3)4/h22,27-33,35-36,38,40,48-50,60-62H,14-21,23-26H2,1-13H3,(H,56,64)/b27-22+,55-28+/t31-,32?,33-,35-,36-,40+,48-,49-,50+,54+/m1/s1. The molecule has 1 saturated heterocycles. The van der Waals surface area contributed by atoms with E-state index in [0.29, 0.717) is 38.4 Å². The predicted molar refractivity (Wildman–Crippen MR) is 270 cm³/mol. The first-order valence-corrected chi connectivity index (χ1v) is 25.8. The van der Waals surface area contributed by atoms with Gasteiger partial charge in [-0.25, -0.2) is 0 Å². The van der Waals surface area contributed by atoms with E-state index < -0.39 is 70.8 Å². The van der Waals surface area contributed by atoms with Crippen LogP contribution in [0, 0.1) is 36.5 Å². The Morgan fingerprint density at radius 2 is 1.46 bits per heavy atom. The average molecular weight is 979 g/mol. The minimum Gasteiger partial charge on any atom is -0.507 e. The lowest BCUT2D eigenvalue weighted by Crippen LogP contribution is -2.49. The molecule has 1 unspecified atom stereocenters. The van der Waals surface area contributed by atoms with E-state index in [-0.39, 0.29) is 75.0 Å². The van der Waals surface area contributed by atoms with Gasteiger partial charge < -0.3 is 49.1 Å². The first-order valence-electron chi connectivity index (χ1n) is 25.8. The molecule has 4 N–H and O–H groups in total. The van der Waals surface area contributed by atoms with E-state index in [1.165, 1.54) is 72.5 Å². The number of ether oxygens (including phenoxy) is 6. The highest BCUT2D eigenvalue weighted by Gasteiger charge is 2.50. The number of rotatable bonds is 9. The van der Waals surface area contributed by atoms with Crippen molar-refractivity contribution in [3.63, 3.8) is 0 Å². The maximum Gasteiger partial charge on any atom is 0.312 e. The molecule has 1 aliphatic carbocycles. The number of hydrazone groups is 1. The Hall–Kier alpha value is -4.64. The SMILES string of the molecule is CO[C@H]1/C=C/O[C@@]2(C)Oc3c(C)c(O)c4c(O)c(c(/C=N/N5CCN(C6CCCCC6)CC5)c(O)c4c3C2=O)NC(=O)C(C)CCC[C@@H](C)[C@@H](OC(C)C)[C@@H](C)[C@H](OC(C)C)[C@H](C)[C@H](OC(C)=O)[C@@H]1C. The van der Waals surface area contributed by atoms with E-state index in [2.05, 4.69) is 24.1 Å². The van der Waals surface area contributed by atoms with Crippen molar-refractivity contribution < 1.29 is 58.1 Å². The summed E-state index contributed by atoms with van der Waals surface area (Å²) in [5.74, 6) is -6.63. The second-order valence-corrected chi connectivity index (χ2v) is 21.2. The number of Topliss-reactive ketones (excluding diaryl/α,β-unsaturated/α-hetero) is 1. The van der Waals surface area contributed by atoms with Gasteiger partial charge in [0.2, 0.25) is 5.91 Å². The summed E-state index contributed by atoms with van der Waals surface area (Å²) in [7, 11) is 1.53. The largest absolute Gasteiger partial charge is 0.507 e. The third-order valence-electron chi connectivity index (χ3n) is 15.2. The molecule has 16 heteroatoms. The molecule has 1 saturated carbocycles. The van der Waals surface area contributed by atoms with Crippen LogP contribution >= 0.6 is 0 Å². The third kappa shape index (κ3) is 11.8. The fourth-order valence-corrected chi connectivity index (χ4v) is 11.3. The molecule has 4 heterocycles. The van der Waals surface area contributed by atoms with Crippen molar-refractivity contribution in [3.8, 4) is 23.0 Å². The van der Waals surface area contributed by atoms with Gasteiger partial charge in [0.1, 0.15) is 23.4 Å². The van der Waals surface area contributed by atoms with Crippen LogP contribution in [0.15, 0.2) is 17.4 Å². The molecule has 7 rings (SSSR count). The number of phenolic OH excluding ortho intramolecular Hbond substituents is 3. The lowest BCUT2D eigenvalue weighted by atomic mass is 9.77. The van der Waals surface area contributed by atoms with Crippen molar-refractivity contribution in [2.24, 2.45) is 34.7 Å².